The third-order valence-corrected chi connectivity index (χ3v) is 4.48. The fraction of sp³-hybridized carbons (Fsp3) is 0.474. The predicted octanol–water partition coefficient (Wildman–Crippen LogP) is 2.68. The molecular weight excluding hydrogens is 350 g/mol. The first-order valence-corrected chi connectivity index (χ1v) is 8.96. The summed E-state index contributed by atoms with van der Waals surface area (Å²) in [5, 5.41) is 14.0. The minimum atomic E-state index is -1.01. The first kappa shape index (κ1) is 20.4. The molecule has 0 saturated carbocycles. The Kier molecular flexibility index (Phi) is 6.92. The number of nitro groups is 1. The highest BCUT2D eigenvalue weighted by atomic mass is 16.6. The molecule has 1 saturated heterocycles. The van der Waals surface area contributed by atoms with Gasteiger partial charge in [0.2, 0.25) is 0 Å². The van der Waals surface area contributed by atoms with Gasteiger partial charge in [-0.2, -0.15) is 0 Å². The zero-order chi connectivity index (χ0) is 20.0. The molecule has 27 heavy (non-hydrogen) atoms. The van der Waals surface area contributed by atoms with Crippen LogP contribution >= 0.6 is 0 Å². The molecule has 1 aromatic rings. The van der Waals surface area contributed by atoms with Crippen LogP contribution in [0.25, 0.3) is 0 Å². The standard InChI is InChI=1S/C19H25N3O5/c1-4-9-20-18(23)14(3)27-19(24)15-7-8-16(17(11-15)22(25)26)21-10-5-6-13(2)12-21/h4,7-8,11,13-14H,1,5-6,9-10,12H2,2-3H3,(H,20,23)/t13-,14-/m1/s1. The Morgan fingerprint density at radius 3 is 2.89 bits per heavy atom. The Morgan fingerprint density at radius 2 is 2.26 bits per heavy atom. The van der Waals surface area contributed by atoms with Gasteiger partial charge >= 0.3 is 5.97 Å². The molecule has 1 heterocycles. The molecule has 0 unspecified atom stereocenters. The Bertz CT molecular complexity index is 734. The smallest absolute Gasteiger partial charge is 0.339 e. The van der Waals surface area contributed by atoms with Crippen LogP contribution in [-0.4, -0.2) is 42.5 Å². The van der Waals surface area contributed by atoms with Crippen molar-refractivity contribution in [3.05, 3.63) is 46.5 Å². The summed E-state index contributed by atoms with van der Waals surface area (Å²) in [5.74, 6) is -0.785. The van der Waals surface area contributed by atoms with Crippen molar-refractivity contribution in [1.82, 2.24) is 5.32 Å². The quantitative estimate of drug-likeness (QED) is 0.340. The minimum Gasteiger partial charge on any atom is -0.449 e. The Labute approximate surface area is 158 Å². The van der Waals surface area contributed by atoms with E-state index in [1.165, 1.54) is 25.1 Å². The zero-order valence-corrected chi connectivity index (χ0v) is 15.6. The number of hydrogen-bond acceptors (Lipinski definition) is 6. The van der Waals surface area contributed by atoms with E-state index in [1.807, 2.05) is 4.90 Å². The topological polar surface area (TPSA) is 102 Å². The van der Waals surface area contributed by atoms with Crippen LogP contribution in [0.4, 0.5) is 11.4 Å². The van der Waals surface area contributed by atoms with Gasteiger partial charge in [-0.05, 0) is 37.8 Å². The Balaban J connectivity index is 2.17. The highest BCUT2D eigenvalue weighted by Gasteiger charge is 2.26. The molecule has 1 fully saturated rings. The van der Waals surface area contributed by atoms with Crippen molar-refractivity contribution in [3.8, 4) is 0 Å². The average molecular weight is 375 g/mol. The molecule has 8 nitrogen and oxygen atoms in total. The molecule has 2 atom stereocenters. The van der Waals surface area contributed by atoms with E-state index in [2.05, 4.69) is 18.8 Å². The summed E-state index contributed by atoms with van der Waals surface area (Å²) >= 11 is 0. The number of nitrogens with zero attached hydrogens (tertiary/aromatic N) is 2. The maximum Gasteiger partial charge on any atom is 0.339 e. The van der Waals surface area contributed by atoms with Crippen molar-refractivity contribution in [2.45, 2.75) is 32.8 Å². The highest BCUT2D eigenvalue weighted by molar-refractivity contribution is 5.93. The number of rotatable bonds is 7. The molecule has 0 radical (unpaired) electrons. The molecule has 1 N–H and O–H groups in total. The first-order valence-electron chi connectivity index (χ1n) is 8.96. The van der Waals surface area contributed by atoms with E-state index in [-0.39, 0.29) is 17.8 Å². The molecular formula is C19H25N3O5. The van der Waals surface area contributed by atoms with Gasteiger partial charge in [0.1, 0.15) is 5.69 Å². The second kappa shape index (κ2) is 9.16. The van der Waals surface area contributed by atoms with Gasteiger partial charge in [0.05, 0.1) is 10.5 Å². The monoisotopic (exact) mass is 375 g/mol. The third kappa shape index (κ3) is 5.29. The second-order valence-corrected chi connectivity index (χ2v) is 6.74. The molecule has 1 aliphatic rings. The fourth-order valence-electron chi connectivity index (χ4n) is 3.07. The molecule has 1 aliphatic heterocycles. The number of hydrogen-bond donors (Lipinski definition) is 1. The van der Waals surface area contributed by atoms with Crippen molar-refractivity contribution in [1.29, 1.82) is 0 Å². The van der Waals surface area contributed by atoms with Crippen LogP contribution < -0.4 is 10.2 Å². The number of piperidine rings is 1. The number of nitro benzene ring substituents is 1. The second-order valence-electron chi connectivity index (χ2n) is 6.74. The van der Waals surface area contributed by atoms with E-state index >= 15 is 0 Å². The van der Waals surface area contributed by atoms with Crippen LogP contribution in [0.3, 0.4) is 0 Å². The summed E-state index contributed by atoms with van der Waals surface area (Å²) in [7, 11) is 0. The summed E-state index contributed by atoms with van der Waals surface area (Å²) < 4.78 is 5.11. The first-order chi connectivity index (χ1) is 12.8. The number of nitrogens with one attached hydrogen (secondary N) is 1. The molecule has 0 aliphatic carbocycles. The number of amides is 1. The van der Waals surface area contributed by atoms with Crippen molar-refractivity contribution in [2.24, 2.45) is 5.92 Å². The average Bonchev–Trinajstić information content (AvgIpc) is 2.65. The maximum atomic E-state index is 12.3. The highest BCUT2D eigenvalue weighted by Crippen LogP contribution is 2.32. The molecule has 0 spiro atoms. The summed E-state index contributed by atoms with van der Waals surface area (Å²) in [5.41, 5.74) is 0.404. The molecule has 8 heteroatoms. The number of anilines is 1. The van der Waals surface area contributed by atoms with Gasteiger partial charge in [0.15, 0.2) is 6.10 Å². The van der Waals surface area contributed by atoms with E-state index in [0.29, 0.717) is 11.6 Å². The number of carbonyl (C=O) groups is 2. The number of esters is 1. The lowest BCUT2D eigenvalue weighted by atomic mass is 9.99. The van der Waals surface area contributed by atoms with Crippen LogP contribution in [-0.2, 0) is 9.53 Å². The van der Waals surface area contributed by atoms with E-state index in [4.69, 9.17) is 4.74 Å². The summed E-state index contributed by atoms with van der Waals surface area (Å²) in [6, 6.07) is 4.29. The molecule has 1 aromatic carbocycles. The van der Waals surface area contributed by atoms with Gasteiger partial charge in [0, 0.05) is 25.7 Å². The van der Waals surface area contributed by atoms with Gasteiger partial charge in [-0.25, -0.2) is 4.79 Å². The van der Waals surface area contributed by atoms with E-state index < -0.39 is 22.9 Å². The summed E-state index contributed by atoms with van der Waals surface area (Å²) in [6.07, 6.45) is 2.56. The number of carbonyl (C=O) groups excluding carboxylic acids is 2. The van der Waals surface area contributed by atoms with E-state index in [1.54, 1.807) is 6.07 Å². The van der Waals surface area contributed by atoms with Gasteiger partial charge in [-0.3, -0.25) is 14.9 Å². The maximum absolute atomic E-state index is 12.3. The van der Waals surface area contributed by atoms with Crippen LogP contribution in [0.15, 0.2) is 30.9 Å². The van der Waals surface area contributed by atoms with Gasteiger partial charge in [-0.1, -0.05) is 13.0 Å². The Hall–Kier alpha value is -2.90. The van der Waals surface area contributed by atoms with Gasteiger partial charge in [0.25, 0.3) is 11.6 Å². The predicted molar refractivity (Wildman–Crippen MR) is 102 cm³/mol. The fourth-order valence-corrected chi connectivity index (χ4v) is 3.07. The minimum absolute atomic E-state index is 0.0406. The third-order valence-electron chi connectivity index (χ3n) is 4.48. The molecule has 0 aromatic heterocycles. The van der Waals surface area contributed by atoms with E-state index in [9.17, 15) is 19.7 Å². The van der Waals surface area contributed by atoms with Crippen molar-refractivity contribution < 1.29 is 19.2 Å². The lowest BCUT2D eigenvalue weighted by molar-refractivity contribution is -0.384. The number of benzene rings is 1. The lowest BCUT2D eigenvalue weighted by Gasteiger charge is -2.32. The van der Waals surface area contributed by atoms with Crippen molar-refractivity contribution >= 4 is 23.3 Å². The summed E-state index contributed by atoms with van der Waals surface area (Å²) in [4.78, 5) is 37.1. The van der Waals surface area contributed by atoms with Crippen molar-refractivity contribution in [3.63, 3.8) is 0 Å². The van der Waals surface area contributed by atoms with Crippen LogP contribution in [0, 0.1) is 16.0 Å². The lowest BCUT2D eigenvalue weighted by Crippen LogP contribution is -2.36. The largest absolute Gasteiger partial charge is 0.449 e. The molecule has 2 rings (SSSR count). The molecule has 1 amide bonds. The van der Waals surface area contributed by atoms with Gasteiger partial charge in [-0.15, -0.1) is 6.58 Å². The Morgan fingerprint density at radius 1 is 1.52 bits per heavy atom. The van der Waals surface area contributed by atoms with E-state index in [0.717, 1.165) is 25.9 Å². The van der Waals surface area contributed by atoms with Gasteiger partial charge < -0.3 is 15.0 Å². The summed E-state index contributed by atoms with van der Waals surface area (Å²) in [6.45, 7) is 8.79. The zero-order valence-electron chi connectivity index (χ0n) is 15.6. The van der Waals surface area contributed by atoms with Crippen LogP contribution in [0.2, 0.25) is 0 Å². The molecule has 146 valence electrons. The van der Waals surface area contributed by atoms with Crippen LogP contribution in [0.5, 0.6) is 0 Å². The normalized spacial score (nSPS) is 17.7. The van der Waals surface area contributed by atoms with Crippen LogP contribution in [0.1, 0.15) is 37.0 Å². The number of ether oxygens (including phenoxy) is 1. The molecule has 0 bridgehead atoms. The van der Waals surface area contributed by atoms with Crippen molar-refractivity contribution in [2.75, 3.05) is 24.5 Å². The SMILES string of the molecule is C=CCNC(=O)[C@@H](C)OC(=O)c1ccc(N2CCC[C@@H](C)C2)c([N+](=O)[O-])c1.